The van der Waals surface area contributed by atoms with E-state index < -0.39 is 0 Å². The normalized spacial score (nSPS) is 11.1. The van der Waals surface area contributed by atoms with Crippen molar-refractivity contribution in [3.63, 3.8) is 0 Å². The lowest BCUT2D eigenvalue weighted by Gasteiger charge is -2.15. The van der Waals surface area contributed by atoms with Crippen LogP contribution in [-0.2, 0) is 29.1 Å². The highest BCUT2D eigenvalue weighted by Gasteiger charge is 2.17. The van der Waals surface area contributed by atoms with E-state index in [4.69, 9.17) is 19.6 Å². The van der Waals surface area contributed by atoms with E-state index in [0.29, 0.717) is 34.6 Å². The smallest absolute Gasteiger partial charge is 0.310 e. The first-order valence-electron chi connectivity index (χ1n) is 11.3. The van der Waals surface area contributed by atoms with Gasteiger partial charge in [-0.05, 0) is 61.7 Å². The van der Waals surface area contributed by atoms with E-state index in [2.05, 4.69) is 0 Å². The van der Waals surface area contributed by atoms with Crippen LogP contribution in [0.15, 0.2) is 59.2 Å². The van der Waals surface area contributed by atoms with Gasteiger partial charge in [0.2, 0.25) is 0 Å². The summed E-state index contributed by atoms with van der Waals surface area (Å²) in [6, 6.07) is 14.7. The van der Waals surface area contributed by atoms with Gasteiger partial charge in [0.15, 0.2) is 0 Å². The first kappa shape index (κ1) is 23.5. The summed E-state index contributed by atoms with van der Waals surface area (Å²) in [7, 11) is 0. The van der Waals surface area contributed by atoms with Gasteiger partial charge in [-0.15, -0.1) is 0 Å². The zero-order chi connectivity index (χ0) is 24.2. The van der Waals surface area contributed by atoms with Crippen molar-refractivity contribution in [2.75, 3.05) is 6.61 Å². The van der Waals surface area contributed by atoms with Gasteiger partial charge >= 0.3 is 5.97 Å². The third-order valence-corrected chi connectivity index (χ3v) is 5.91. The molecule has 4 rings (SSSR count). The molecular weight excluding hydrogens is 433 g/mol. The van der Waals surface area contributed by atoms with Crippen molar-refractivity contribution in [2.45, 2.75) is 40.3 Å². The maximum Gasteiger partial charge on any atom is 0.310 e. The zero-order valence-corrected chi connectivity index (χ0v) is 19.6. The van der Waals surface area contributed by atoms with Crippen LogP contribution < -0.4 is 10.5 Å². The van der Waals surface area contributed by atoms with Gasteiger partial charge < -0.3 is 19.6 Å². The van der Waals surface area contributed by atoms with E-state index in [1.54, 1.807) is 31.4 Å². The minimum Gasteiger partial charge on any atom is -0.489 e. The molecule has 0 fully saturated rings. The molecule has 0 aliphatic heterocycles. The molecule has 2 N–H and O–H groups in total. The molecule has 0 radical (unpaired) electrons. The quantitative estimate of drug-likeness (QED) is 0.326. The fourth-order valence-electron chi connectivity index (χ4n) is 4.02. The Morgan fingerprint density at radius 1 is 1.03 bits per heavy atom. The molecule has 34 heavy (non-hydrogen) atoms. The van der Waals surface area contributed by atoms with Gasteiger partial charge in [-0.1, -0.05) is 24.3 Å². The van der Waals surface area contributed by atoms with Crippen LogP contribution in [0, 0.1) is 19.7 Å². The number of aryl methyl sites for hydroxylation is 2. The Balaban J connectivity index is 1.68. The first-order valence-corrected chi connectivity index (χ1v) is 11.3. The lowest BCUT2D eigenvalue weighted by atomic mass is 9.98. The lowest BCUT2D eigenvalue weighted by molar-refractivity contribution is -0.142. The lowest BCUT2D eigenvalue weighted by Crippen LogP contribution is -2.10. The van der Waals surface area contributed by atoms with Gasteiger partial charge in [-0.25, -0.2) is 4.39 Å². The predicted molar refractivity (Wildman–Crippen MR) is 130 cm³/mol. The summed E-state index contributed by atoms with van der Waals surface area (Å²) >= 11 is 0. The van der Waals surface area contributed by atoms with Gasteiger partial charge in [-0.3, -0.25) is 4.79 Å². The Hall–Kier alpha value is -3.64. The number of hydrogen-bond acceptors (Lipinski definition) is 5. The molecule has 0 aliphatic rings. The number of ether oxygens (including phenoxy) is 2. The predicted octanol–water partition coefficient (Wildman–Crippen LogP) is 6.00. The summed E-state index contributed by atoms with van der Waals surface area (Å²) in [5, 5.41) is 0.848. The van der Waals surface area contributed by atoms with Crippen LogP contribution in [0.25, 0.3) is 22.1 Å². The Bertz CT molecular complexity index is 1340. The second-order valence-corrected chi connectivity index (χ2v) is 8.28. The largest absolute Gasteiger partial charge is 0.489 e. The standard InChI is InChI=1S/C28H28FNO4/c1-4-32-26(31)14-22-10-17(2)18(3)11-25(22)34-16-19-12-20-8-9-33-28(20)24(13-19)23-7-5-6-21(15-30)27(23)29/h5-13H,4,14-16,30H2,1-3H3. The second-order valence-electron chi connectivity index (χ2n) is 8.28. The molecule has 1 heterocycles. The summed E-state index contributed by atoms with van der Waals surface area (Å²) in [6.45, 7) is 6.46. The molecule has 0 saturated heterocycles. The molecule has 4 aromatic rings. The minimum atomic E-state index is -0.355. The van der Waals surface area contributed by atoms with E-state index in [-0.39, 0.29) is 31.4 Å². The summed E-state index contributed by atoms with van der Waals surface area (Å²) < 4.78 is 32.1. The maximum absolute atomic E-state index is 15.1. The van der Waals surface area contributed by atoms with Gasteiger partial charge in [0.1, 0.15) is 23.8 Å². The van der Waals surface area contributed by atoms with Crippen molar-refractivity contribution in [3.8, 4) is 16.9 Å². The number of fused-ring (bicyclic) bond motifs is 1. The Labute approximate surface area is 198 Å². The Kier molecular flexibility index (Phi) is 6.98. The van der Waals surface area contributed by atoms with Gasteiger partial charge in [-0.2, -0.15) is 0 Å². The summed E-state index contributed by atoms with van der Waals surface area (Å²) in [5.74, 6) is -0.0269. The average Bonchev–Trinajstić information content (AvgIpc) is 3.29. The van der Waals surface area contributed by atoms with Crippen molar-refractivity contribution >= 4 is 16.9 Å². The summed E-state index contributed by atoms with van der Waals surface area (Å²) in [4.78, 5) is 12.1. The molecule has 3 aromatic carbocycles. The summed E-state index contributed by atoms with van der Waals surface area (Å²) in [5.41, 5.74) is 11.6. The average molecular weight is 462 g/mol. The highest BCUT2D eigenvalue weighted by atomic mass is 19.1. The second kappa shape index (κ2) is 10.1. The van der Waals surface area contributed by atoms with E-state index in [1.807, 2.05) is 44.2 Å². The zero-order valence-electron chi connectivity index (χ0n) is 19.6. The van der Waals surface area contributed by atoms with Crippen molar-refractivity contribution in [2.24, 2.45) is 5.73 Å². The van der Waals surface area contributed by atoms with Crippen LogP contribution >= 0.6 is 0 Å². The molecule has 0 saturated carbocycles. The van der Waals surface area contributed by atoms with Crippen molar-refractivity contribution in [1.29, 1.82) is 0 Å². The molecule has 1 aromatic heterocycles. The van der Waals surface area contributed by atoms with Crippen molar-refractivity contribution in [1.82, 2.24) is 0 Å². The SMILES string of the molecule is CCOC(=O)Cc1cc(C)c(C)cc1OCc1cc(-c2cccc(CN)c2F)c2occc2c1. The molecule has 0 spiro atoms. The monoisotopic (exact) mass is 461 g/mol. The van der Waals surface area contributed by atoms with Crippen LogP contribution in [0.4, 0.5) is 4.39 Å². The van der Waals surface area contributed by atoms with Gasteiger partial charge in [0, 0.05) is 34.2 Å². The number of halogens is 1. The van der Waals surface area contributed by atoms with Crippen LogP contribution in [-0.4, -0.2) is 12.6 Å². The molecule has 0 amide bonds. The van der Waals surface area contributed by atoms with Crippen molar-refractivity contribution < 1.29 is 23.1 Å². The number of carbonyl (C=O) groups is 1. The fourth-order valence-corrected chi connectivity index (χ4v) is 4.02. The third-order valence-electron chi connectivity index (χ3n) is 5.91. The van der Waals surface area contributed by atoms with Crippen molar-refractivity contribution in [3.05, 3.63) is 88.4 Å². The molecule has 0 aliphatic carbocycles. The Morgan fingerprint density at radius 3 is 2.59 bits per heavy atom. The summed E-state index contributed by atoms with van der Waals surface area (Å²) in [6.07, 6.45) is 1.72. The molecule has 6 heteroatoms. The van der Waals surface area contributed by atoms with Crippen LogP contribution in [0.1, 0.15) is 34.7 Å². The number of hydrogen-bond donors (Lipinski definition) is 1. The number of nitrogens with two attached hydrogens (primary N) is 1. The molecule has 5 nitrogen and oxygen atoms in total. The number of carbonyl (C=O) groups excluding carboxylic acids is 1. The van der Waals surface area contributed by atoms with Crippen LogP contribution in [0.3, 0.4) is 0 Å². The van der Waals surface area contributed by atoms with E-state index in [9.17, 15) is 4.79 Å². The van der Waals surface area contributed by atoms with E-state index in [0.717, 1.165) is 27.6 Å². The number of furan rings is 1. The van der Waals surface area contributed by atoms with Gasteiger partial charge in [0.05, 0.1) is 19.3 Å². The van der Waals surface area contributed by atoms with Gasteiger partial charge in [0.25, 0.3) is 0 Å². The Morgan fingerprint density at radius 2 is 1.82 bits per heavy atom. The molecule has 0 atom stereocenters. The third kappa shape index (κ3) is 4.82. The van der Waals surface area contributed by atoms with Crippen LogP contribution in [0.5, 0.6) is 5.75 Å². The molecular formula is C28H28FNO4. The highest BCUT2D eigenvalue weighted by Crippen LogP contribution is 2.34. The fraction of sp³-hybridized carbons (Fsp3) is 0.250. The highest BCUT2D eigenvalue weighted by molar-refractivity contribution is 5.93. The molecule has 176 valence electrons. The number of rotatable bonds is 8. The van der Waals surface area contributed by atoms with E-state index >= 15 is 4.39 Å². The minimum absolute atomic E-state index is 0.111. The maximum atomic E-state index is 15.1. The number of benzene rings is 3. The molecule has 0 unspecified atom stereocenters. The number of esters is 1. The van der Waals surface area contributed by atoms with Crippen LogP contribution in [0.2, 0.25) is 0 Å². The van der Waals surface area contributed by atoms with E-state index in [1.165, 1.54) is 0 Å². The first-order chi connectivity index (χ1) is 16.4. The topological polar surface area (TPSA) is 74.7 Å². The molecule has 0 bridgehead atoms.